The molecule has 1 amide bonds. The van der Waals surface area contributed by atoms with Crippen molar-refractivity contribution in [1.82, 2.24) is 19.4 Å². The Morgan fingerprint density at radius 2 is 1.77 bits per heavy atom. The van der Waals surface area contributed by atoms with Gasteiger partial charge in [-0.05, 0) is 61.2 Å². The number of nitrogens with zero attached hydrogens (tertiary/aromatic N) is 4. The van der Waals surface area contributed by atoms with Crippen LogP contribution >= 0.6 is 0 Å². The molecule has 1 fully saturated rings. The fraction of sp³-hybridized carbons (Fsp3) is 0.385. The van der Waals surface area contributed by atoms with E-state index in [-0.39, 0.29) is 10.8 Å². The van der Waals surface area contributed by atoms with Crippen LogP contribution in [0, 0.1) is 0 Å². The van der Waals surface area contributed by atoms with Gasteiger partial charge in [0.2, 0.25) is 10.0 Å². The van der Waals surface area contributed by atoms with E-state index in [0.29, 0.717) is 31.6 Å². The van der Waals surface area contributed by atoms with Crippen LogP contribution in [-0.4, -0.2) is 61.1 Å². The SMILES string of the molecule is CCN(CC)S(=O)(=O)c1ccc(N2CCCC2)c(C(=O)NCCc2ccc(-n3cccn3)cc2)c1. The van der Waals surface area contributed by atoms with Crippen LogP contribution in [0.5, 0.6) is 0 Å². The van der Waals surface area contributed by atoms with Crippen molar-refractivity contribution in [2.75, 3.05) is 37.6 Å². The average Bonchev–Trinajstić information content (AvgIpc) is 3.59. The summed E-state index contributed by atoms with van der Waals surface area (Å²) < 4.78 is 29.4. The first-order valence-electron chi connectivity index (χ1n) is 12.2. The van der Waals surface area contributed by atoms with Gasteiger partial charge in [0.1, 0.15) is 0 Å². The molecule has 0 bridgehead atoms. The van der Waals surface area contributed by atoms with Gasteiger partial charge >= 0.3 is 0 Å². The molecule has 3 aromatic rings. The molecule has 0 atom stereocenters. The number of hydrogen-bond donors (Lipinski definition) is 1. The number of sulfonamides is 1. The second kappa shape index (κ2) is 11.0. The molecule has 1 saturated heterocycles. The number of benzene rings is 2. The molecule has 0 spiro atoms. The van der Waals surface area contributed by atoms with Gasteiger partial charge in [0, 0.05) is 50.8 Å². The first-order chi connectivity index (χ1) is 16.9. The minimum absolute atomic E-state index is 0.156. The third-order valence-electron chi connectivity index (χ3n) is 6.41. The summed E-state index contributed by atoms with van der Waals surface area (Å²) in [6.45, 7) is 6.58. The number of rotatable bonds is 10. The predicted molar refractivity (Wildman–Crippen MR) is 138 cm³/mol. The molecule has 1 aliphatic heterocycles. The van der Waals surface area contributed by atoms with Gasteiger partial charge in [-0.3, -0.25) is 4.79 Å². The average molecular weight is 496 g/mol. The monoisotopic (exact) mass is 495 g/mol. The molecule has 0 aliphatic carbocycles. The summed E-state index contributed by atoms with van der Waals surface area (Å²) in [6.07, 6.45) is 6.43. The molecule has 1 N–H and O–H groups in total. The molecular weight excluding hydrogens is 462 g/mol. The van der Waals surface area contributed by atoms with E-state index < -0.39 is 10.0 Å². The van der Waals surface area contributed by atoms with E-state index in [9.17, 15) is 13.2 Å². The van der Waals surface area contributed by atoms with Crippen LogP contribution < -0.4 is 10.2 Å². The van der Waals surface area contributed by atoms with Crippen molar-refractivity contribution >= 4 is 21.6 Å². The Morgan fingerprint density at radius 1 is 1.06 bits per heavy atom. The van der Waals surface area contributed by atoms with Gasteiger partial charge in [0.25, 0.3) is 5.91 Å². The first-order valence-corrected chi connectivity index (χ1v) is 13.6. The highest BCUT2D eigenvalue weighted by Crippen LogP contribution is 2.28. The van der Waals surface area contributed by atoms with Crippen molar-refractivity contribution < 1.29 is 13.2 Å². The lowest BCUT2D eigenvalue weighted by Gasteiger charge is -2.23. The van der Waals surface area contributed by atoms with E-state index >= 15 is 0 Å². The van der Waals surface area contributed by atoms with Crippen LogP contribution in [0.1, 0.15) is 42.6 Å². The van der Waals surface area contributed by atoms with E-state index in [4.69, 9.17) is 0 Å². The van der Waals surface area contributed by atoms with Gasteiger partial charge in [-0.25, -0.2) is 13.1 Å². The number of carbonyl (C=O) groups excluding carboxylic acids is 1. The standard InChI is InChI=1S/C26H33N5O3S/c1-3-30(4-2)35(33,34)23-12-13-25(29-17-5-6-18-29)24(20-23)26(32)27-16-14-21-8-10-22(11-9-21)31-19-7-15-28-31/h7-13,15,19-20H,3-6,14,16-18H2,1-2H3,(H,27,32). The first kappa shape index (κ1) is 24.9. The Bertz CT molecular complexity index is 1230. The maximum atomic E-state index is 13.3. The molecule has 4 rings (SSSR count). The van der Waals surface area contributed by atoms with Crippen molar-refractivity contribution in [3.63, 3.8) is 0 Å². The summed E-state index contributed by atoms with van der Waals surface area (Å²) in [7, 11) is -3.66. The highest BCUT2D eigenvalue weighted by Gasteiger charge is 2.26. The van der Waals surface area contributed by atoms with Crippen molar-refractivity contribution in [2.24, 2.45) is 0 Å². The predicted octanol–water partition coefficient (Wildman–Crippen LogP) is 3.48. The van der Waals surface area contributed by atoms with Gasteiger partial charge in [0.05, 0.1) is 16.1 Å². The molecule has 0 radical (unpaired) electrons. The fourth-order valence-corrected chi connectivity index (χ4v) is 5.94. The second-order valence-electron chi connectivity index (χ2n) is 8.59. The van der Waals surface area contributed by atoms with Gasteiger partial charge in [-0.2, -0.15) is 9.40 Å². The smallest absolute Gasteiger partial charge is 0.253 e. The van der Waals surface area contributed by atoms with E-state index in [1.54, 1.807) is 23.0 Å². The van der Waals surface area contributed by atoms with E-state index in [0.717, 1.165) is 42.9 Å². The molecule has 9 heteroatoms. The molecule has 1 aliphatic rings. The molecule has 186 valence electrons. The second-order valence-corrected chi connectivity index (χ2v) is 10.5. The minimum atomic E-state index is -3.66. The van der Waals surface area contributed by atoms with Crippen LogP contribution in [0.2, 0.25) is 0 Å². The zero-order valence-corrected chi connectivity index (χ0v) is 21.2. The molecule has 2 heterocycles. The molecular formula is C26H33N5O3S. The summed E-state index contributed by atoms with van der Waals surface area (Å²) >= 11 is 0. The van der Waals surface area contributed by atoms with Crippen molar-refractivity contribution in [3.05, 3.63) is 72.1 Å². The number of carbonyl (C=O) groups is 1. The van der Waals surface area contributed by atoms with E-state index in [2.05, 4.69) is 15.3 Å². The van der Waals surface area contributed by atoms with Gasteiger partial charge < -0.3 is 10.2 Å². The summed E-state index contributed by atoms with van der Waals surface area (Å²) in [4.78, 5) is 15.6. The van der Waals surface area contributed by atoms with Crippen molar-refractivity contribution in [3.8, 4) is 5.69 Å². The molecule has 0 unspecified atom stereocenters. The number of aromatic nitrogens is 2. The number of anilines is 1. The van der Waals surface area contributed by atoms with Crippen LogP contribution in [-0.2, 0) is 16.4 Å². The topological polar surface area (TPSA) is 87.5 Å². The Balaban J connectivity index is 1.49. The third-order valence-corrected chi connectivity index (χ3v) is 8.45. The van der Waals surface area contributed by atoms with Crippen LogP contribution in [0.25, 0.3) is 5.69 Å². The lowest BCUT2D eigenvalue weighted by atomic mass is 10.1. The zero-order valence-electron chi connectivity index (χ0n) is 20.4. The Kier molecular flexibility index (Phi) is 7.87. The number of amides is 1. The Hall–Kier alpha value is -3.17. The molecule has 35 heavy (non-hydrogen) atoms. The van der Waals surface area contributed by atoms with Gasteiger partial charge in [0.15, 0.2) is 0 Å². The minimum Gasteiger partial charge on any atom is -0.371 e. The zero-order chi connectivity index (χ0) is 24.8. The highest BCUT2D eigenvalue weighted by molar-refractivity contribution is 7.89. The maximum absolute atomic E-state index is 13.3. The number of hydrogen-bond acceptors (Lipinski definition) is 5. The van der Waals surface area contributed by atoms with Crippen molar-refractivity contribution in [1.29, 1.82) is 0 Å². The highest BCUT2D eigenvalue weighted by atomic mass is 32.2. The quantitative estimate of drug-likeness (QED) is 0.465. The third kappa shape index (κ3) is 5.57. The largest absolute Gasteiger partial charge is 0.371 e. The molecule has 0 saturated carbocycles. The molecule has 2 aromatic carbocycles. The summed E-state index contributed by atoms with van der Waals surface area (Å²) in [6, 6.07) is 14.9. The number of nitrogens with one attached hydrogen (secondary N) is 1. The molecule has 8 nitrogen and oxygen atoms in total. The molecule has 1 aromatic heterocycles. The normalized spacial score (nSPS) is 14.0. The lowest BCUT2D eigenvalue weighted by Crippen LogP contribution is -2.32. The fourth-order valence-electron chi connectivity index (χ4n) is 4.46. The summed E-state index contributed by atoms with van der Waals surface area (Å²) in [5.74, 6) is -0.253. The summed E-state index contributed by atoms with van der Waals surface area (Å²) in [5.41, 5.74) is 3.28. The van der Waals surface area contributed by atoms with Gasteiger partial charge in [-0.1, -0.05) is 26.0 Å². The van der Waals surface area contributed by atoms with E-state index in [1.807, 2.05) is 50.4 Å². The maximum Gasteiger partial charge on any atom is 0.253 e. The lowest BCUT2D eigenvalue weighted by molar-refractivity contribution is 0.0954. The Labute approximate surface area is 207 Å². The van der Waals surface area contributed by atoms with Crippen LogP contribution in [0.3, 0.4) is 0 Å². The summed E-state index contributed by atoms with van der Waals surface area (Å²) in [5, 5.41) is 7.23. The van der Waals surface area contributed by atoms with Crippen molar-refractivity contribution in [2.45, 2.75) is 38.0 Å². The van der Waals surface area contributed by atoms with Gasteiger partial charge in [-0.15, -0.1) is 0 Å². The van der Waals surface area contributed by atoms with Crippen LogP contribution in [0.4, 0.5) is 5.69 Å². The van der Waals surface area contributed by atoms with Crippen LogP contribution in [0.15, 0.2) is 65.8 Å². The Morgan fingerprint density at radius 3 is 2.40 bits per heavy atom. The van der Waals surface area contributed by atoms with E-state index in [1.165, 1.54) is 10.4 Å².